The van der Waals surface area contributed by atoms with Crippen LogP contribution in [0.1, 0.15) is 11.4 Å². The van der Waals surface area contributed by atoms with Gasteiger partial charge in [0.2, 0.25) is 10.0 Å². The molecule has 0 aromatic carbocycles. The van der Waals surface area contributed by atoms with E-state index in [1.54, 1.807) is 25.6 Å². The molecule has 0 N–H and O–H groups in total. The summed E-state index contributed by atoms with van der Waals surface area (Å²) in [5, 5.41) is 4.16. The average molecular weight is 308 g/mol. The maximum Gasteiger partial charge on any atom is 0.246 e. The smallest absolute Gasteiger partial charge is 0.246 e. The van der Waals surface area contributed by atoms with Crippen LogP contribution in [-0.2, 0) is 21.8 Å². The lowest BCUT2D eigenvalue weighted by molar-refractivity contribution is 0.0122. The van der Waals surface area contributed by atoms with E-state index < -0.39 is 10.0 Å². The second-order valence-corrected chi connectivity index (χ2v) is 6.82. The molecule has 0 radical (unpaired) electrons. The lowest BCUT2D eigenvalue weighted by Crippen LogP contribution is -2.46. The molecule has 0 amide bonds. The first kappa shape index (κ1) is 14.8. The Labute approximate surface area is 118 Å². The zero-order valence-electron chi connectivity index (χ0n) is 11.3. The summed E-state index contributed by atoms with van der Waals surface area (Å²) in [6.07, 6.45) is -0.248. The molecule has 1 aromatic heterocycles. The van der Waals surface area contributed by atoms with Crippen LogP contribution in [0.3, 0.4) is 0 Å². The number of rotatable bonds is 3. The monoisotopic (exact) mass is 307 g/mol. The van der Waals surface area contributed by atoms with Gasteiger partial charge in [-0.2, -0.15) is 9.40 Å². The van der Waals surface area contributed by atoms with E-state index >= 15 is 0 Å². The molecule has 2 rings (SSSR count). The Morgan fingerprint density at radius 3 is 2.68 bits per heavy atom. The molecule has 8 heteroatoms. The van der Waals surface area contributed by atoms with Gasteiger partial charge in [0, 0.05) is 26.0 Å². The molecule has 0 spiro atoms. The summed E-state index contributed by atoms with van der Waals surface area (Å²) in [7, 11) is -1.80. The first-order valence-electron chi connectivity index (χ1n) is 6.06. The summed E-state index contributed by atoms with van der Waals surface area (Å²) >= 11 is 5.75. The van der Waals surface area contributed by atoms with Crippen LogP contribution >= 0.6 is 11.6 Å². The molecule has 0 saturated carbocycles. The Hall–Kier alpha value is -0.630. The number of halogens is 1. The predicted molar refractivity (Wildman–Crippen MR) is 71.9 cm³/mol. The summed E-state index contributed by atoms with van der Waals surface area (Å²) in [5.74, 6) is 0.289. The molecule has 1 unspecified atom stereocenters. The van der Waals surface area contributed by atoms with Gasteiger partial charge in [0.05, 0.1) is 24.1 Å². The highest BCUT2D eigenvalue weighted by Crippen LogP contribution is 2.24. The largest absolute Gasteiger partial charge is 0.374 e. The second-order valence-electron chi connectivity index (χ2n) is 4.63. The zero-order valence-corrected chi connectivity index (χ0v) is 12.8. The molecule has 6 nitrogen and oxygen atoms in total. The Morgan fingerprint density at radius 1 is 1.47 bits per heavy atom. The van der Waals surface area contributed by atoms with Crippen molar-refractivity contribution in [3.05, 3.63) is 11.4 Å². The number of sulfonamides is 1. The van der Waals surface area contributed by atoms with Gasteiger partial charge in [0.25, 0.3) is 0 Å². The zero-order chi connectivity index (χ0) is 14.2. The molecular weight excluding hydrogens is 290 g/mol. The Kier molecular flexibility index (Phi) is 4.20. The summed E-state index contributed by atoms with van der Waals surface area (Å²) in [4.78, 5) is 0.297. The number of hydrogen-bond acceptors (Lipinski definition) is 4. The summed E-state index contributed by atoms with van der Waals surface area (Å²) in [5.41, 5.74) is 1.17. The molecule has 1 fully saturated rings. The normalized spacial score (nSPS) is 21.8. The van der Waals surface area contributed by atoms with Gasteiger partial charge in [-0.05, 0) is 13.8 Å². The molecule has 1 aliphatic rings. The van der Waals surface area contributed by atoms with Crippen molar-refractivity contribution in [3.8, 4) is 0 Å². The van der Waals surface area contributed by atoms with Crippen molar-refractivity contribution in [2.75, 3.05) is 25.6 Å². The van der Waals surface area contributed by atoms with Gasteiger partial charge in [-0.15, -0.1) is 11.6 Å². The van der Waals surface area contributed by atoms with Gasteiger partial charge >= 0.3 is 0 Å². The number of hydrogen-bond donors (Lipinski definition) is 0. The second kappa shape index (κ2) is 5.40. The van der Waals surface area contributed by atoms with Gasteiger partial charge < -0.3 is 4.74 Å². The molecule has 0 aliphatic carbocycles. The van der Waals surface area contributed by atoms with E-state index in [2.05, 4.69) is 5.10 Å². The van der Waals surface area contributed by atoms with E-state index in [1.165, 1.54) is 4.31 Å². The number of alkyl halides is 1. The molecule has 108 valence electrons. The lowest BCUT2D eigenvalue weighted by atomic mass is 10.3. The first-order valence-corrected chi connectivity index (χ1v) is 8.03. The third-order valence-electron chi connectivity index (χ3n) is 3.31. The maximum atomic E-state index is 12.7. The number of ether oxygens (including phenoxy) is 1. The van der Waals surface area contributed by atoms with Crippen LogP contribution < -0.4 is 0 Å². The van der Waals surface area contributed by atoms with Crippen LogP contribution in [0.5, 0.6) is 0 Å². The molecular formula is C11H18ClN3O3S. The van der Waals surface area contributed by atoms with Gasteiger partial charge in [0.15, 0.2) is 0 Å². The summed E-state index contributed by atoms with van der Waals surface area (Å²) in [6, 6.07) is 0. The summed E-state index contributed by atoms with van der Waals surface area (Å²) < 4.78 is 33.8. The van der Waals surface area contributed by atoms with E-state index in [4.69, 9.17) is 16.3 Å². The SMILES string of the molecule is Cc1nn(C)c(C)c1S(=O)(=O)N1CCOC(CCl)C1. The standard InChI is InChI=1S/C11H18ClN3O3S/c1-8-11(9(2)14(3)13-8)19(16,17)15-4-5-18-10(6-12)7-15/h10H,4-7H2,1-3H3. The van der Waals surface area contributed by atoms with E-state index in [-0.39, 0.29) is 12.0 Å². The van der Waals surface area contributed by atoms with Crippen molar-refractivity contribution < 1.29 is 13.2 Å². The highest BCUT2D eigenvalue weighted by atomic mass is 35.5. The third kappa shape index (κ3) is 2.65. The predicted octanol–water partition coefficient (Wildman–Crippen LogP) is 0.665. The van der Waals surface area contributed by atoms with Crippen LogP contribution in [0, 0.1) is 13.8 Å². The van der Waals surface area contributed by atoms with Gasteiger partial charge in [-0.3, -0.25) is 4.68 Å². The van der Waals surface area contributed by atoms with E-state index in [0.717, 1.165) is 0 Å². The Morgan fingerprint density at radius 2 is 2.16 bits per heavy atom. The van der Waals surface area contributed by atoms with Crippen LogP contribution in [0.25, 0.3) is 0 Å². The number of aromatic nitrogens is 2. The minimum absolute atomic E-state index is 0.248. The fourth-order valence-corrected chi connectivity index (χ4v) is 4.30. The fourth-order valence-electron chi connectivity index (χ4n) is 2.26. The number of nitrogens with zero attached hydrogens (tertiary/aromatic N) is 3. The fraction of sp³-hybridized carbons (Fsp3) is 0.727. The molecule has 1 saturated heterocycles. The lowest BCUT2D eigenvalue weighted by Gasteiger charge is -2.31. The highest BCUT2D eigenvalue weighted by molar-refractivity contribution is 7.89. The van der Waals surface area contributed by atoms with Crippen molar-refractivity contribution in [2.24, 2.45) is 7.05 Å². The quantitative estimate of drug-likeness (QED) is 0.770. The topological polar surface area (TPSA) is 64.4 Å². The first-order chi connectivity index (χ1) is 8.87. The maximum absolute atomic E-state index is 12.7. The molecule has 1 aromatic rings. The summed E-state index contributed by atoms with van der Waals surface area (Å²) in [6.45, 7) is 4.48. The van der Waals surface area contributed by atoms with Crippen LogP contribution in [0.2, 0.25) is 0 Å². The molecule has 19 heavy (non-hydrogen) atoms. The van der Waals surface area contributed by atoms with Crippen molar-refractivity contribution in [1.29, 1.82) is 0 Å². The van der Waals surface area contributed by atoms with Gasteiger partial charge in [-0.25, -0.2) is 8.42 Å². The Balaban J connectivity index is 2.37. The van der Waals surface area contributed by atoms with E-state index in [9.17, 15) is 8.42 Å². The molecule has 1 atom stereocenters. The van der Waals surface area contributed by atoms with Gasteiger partial charge in [-0.1, -0.05) is 0 Å². The molecule has 2 heterocycles. The van der Waals surface area contributed by atoms with Crippen LogP contribution in [0.15, 0.2) is 4.90 Å². The molecule has 1 aliphatic heterocycles. The minimum Gasteiger partial charge on any atom is -0.374 e. The van der Waals surface area contributed by atoms with Crippen molar-refractivity contribution in [2.45, 2.75) is 24.8 Å². The average Bonchev–Trinajstić information content (AvgIpc) is 2.63. The number of aryl methyl sites for hydroxylation is 2. The Bertz CT molecular complexity index is 570. The van der Waals surface area contributed by atoms with Crippen molar-refractivity contribution in [3.63, 3.8) is 0 Å². The minimum atomic E-state index is -3.53. The number of morpholine rings is 1. The molecule has 0 bridgehead atoms. The van der Waals surface area contributed by atoms with Gasteiger partial charge in [0.1, 0.15) is 4.90 Å². The van der Waals surface area contributed by atoms with E-state index in [1.807, 2.05) is 0 Å². The van der Waals surface area contributed by atoms with Crippen LogP contribution in [-0.4, -0.2) is 54.2 Å². The third-order valence-corrected chi connectivity index (χ3v) is 5.78. The van der Waals surface area contributed by atoms with E-state index in [0.29, 0.717) is 36.0 Å². The highest BCUT2D eigenvalue weighted by Gasteiger charge is 2.34. The van der Waals surface area contributed by atoms with Crippen molar-refractivity contribution in [1.82, 2.24) is 14.1 Å². The van der Waals surface area contributed by atoms with Crippen LogP contribution in [0.4, 0.5) is 0 Å². The van der Waals surface area contributed by atoms with Crippen molar-refractivity contribution >= 4 is 21.6 Å².